The molecule has 20 heavy (non-hydrogen) atoms. The van der Waals surface area contributed by atoms with Crippen LogP contribution in [0.5, 0.6) is 0 Å². The van der Waals surface area contributed by atoms with E-state index < -0.39 is 0 Å². The highest BCUT2D eigenvalue weighted by Crippen LogP contribution is 2.13. The van der Waals surface area contributed by atoms with Crippen molar-refractivity contribution in [1.29, 1.82) is 0 Å². The van der Waals surface area contributed by atoms with Crippen molar-refractivity contribution in [3.63, 3.8) is 0 Å². The molecule has 0 unspecified atom stereocenters. The molecule has 1 aliphatic rings. The molecule has 0 N–H and O–H groups in total. The standard InChI is InChI=1S/C17H26N2O/c1-13(2)19-9-7-18(8-10-19)12-17(20)16-11-14(3)5-6-15(16)4/h5-6,11,13H,7-10,12H2,1-4H3. The SMILES string of the molecule is Cc1ccc(C)c(C(=O)CN2CCN(C(C)C)CC2)c1. The zero-order valence-electron chi connectivity index (χ0n) is 13.1. The molecule has 0 aromatic heterocycles. The summed E-state index contributed by atoms with van der Waals surface area (Å²) >= 11 is 0. The third-order valence-electron chi connectivity index (χ3n) is 4.20. The second-order valence-corrected chi connectivity index (χ2v) is 6.15. The van der Waals surface area contributed by atoms with E-state index in [9.17, 15) is 4.79 Å². The molecule has 0 amide bonds. The number of piperazine rings is 1. The molecule has 1 aliphatic heterocycles. The smallest absolute Gasteiger partial charge is 0.177 e. The topological polar surface area (TPSA) is 23.6 Å². The lowest BCUT2D eigenvalue weighted by molar-refractivity contribution is 0.0806. The maximum Gasteiger partial charge on any atom is 0.177 e. The van der Waals surface area contributed by atoms with Gasteiger partial charge < -0.3 is 0 Å². The van der Waals surface area contributed by atoms with E-state index in [1.54, 1.807) is 0 Å². The number of rotatable bonds is 4. The second kappa shape index (κ2) is 6.51. The first-order chi connectivity index (χ1) is 9.47. The van der Waals surface area contributed by atoms with Crippen molar-refractivity contribution in [2.45, 2.75) is 33.7 Å². The lowest BCUT2D eigenvalue weighted by atomic mass is 10.0. The summed E-state index contributed by atoms with van der Waals surface area (Å²) in [5, 5.41) is 0. The highest BCUT2D eigenvalue weighted by Gasteiger charge is 2.21. The number of carbonyl (C=O) groups is 1. The van der Waals surface area contributed by atoms with E-state index in [2.05, 4.69) is 29.7 Å². The molecular weight excluding hydrogens is 248 g/mol. The summed E-state index contributed by atoms with van der Waals surface area (Å²) in [5.41, 5.74) is 3.13. The molecule has 3 heteroatoms. The lowest BCUT2D eigenvalue weighted by Crippen LogP contribution is -2.50. The second-order valence-electron chi connectivity index (χ2n) is 6.15. The fraction of sp³-hybridized carbons (Fsp3) is 0.588. The van der Waals surface area contributed by atoms with Gasteiger partial charge in [0.2, 0.25) is 0 Å². The quantitative estimate of drug-likeness (QED) is 0.788. The number of aryl methyl sites for hydroxylation is 2. The number of nitrogens with zero attached hydrogens (tertiary/aromatic N) is 2. The van der Waals surface area contributed by atoms with Gasteiger partial charge in [-0.15, -0.1) is 0 Å². The average Bonchev–Trinajstić information content (AvgIpc) is 2.42. The number of carbonyl (C=O) groups excluding carboxylic acids is 1. The van der Waals surface area contributed by atoms with Crippen molar-refractivity contribution < 1.29 is 4.79 Å². The van der Waals surface area contributed by atoms with Crippen molar-refractivity contribution in [3.05, 3.63) is 34.9 Å². The minimum Gasteiger partial charge on any atom is -0.298 e. The van der Waals surface area contributed by atoms with Crippen LogP contribution in [0, 0.1) is 13.8 Å². The van der Waals surface area contributed by atoms with Gasteiger partial charge in [0, 0.05) is 37.8 Å². The third kappa shape index (κ3) is 3.68. The van der Waals surface area contributed by atoms with E-state index in [-0.39, 0.29) is 5.78 Å². The fourth-order valence-corrected chi connectivity index (χ4v) is 2.76. The molecule has 0 bridgehead atoms. The largest absolute Gasteiger partial charge is 0.298 e. The zero-order chi connectivity index (χ0) is 14.7. The van der Waals surface area contributed by atoms with Gasteiger partial charge in [0.05, 0.1) is 6.54 Å². The highest BCUT2D eigenvalue weighted by molar-refractivity contribution is 5.99. The molecule has 0 saturated carbocycles. The average molecular weight is 274 g/mol. The summed E-state index contributed by atoms with van der Waals surface area (Å²) in [6.07, 6.45) is 0. The van der Waals surface area contributed by atoms with Gasteiger partial charge >= 0.3 is 0 Å². The first-order valence-electron chi connectivity index (χ1n) is 7.54. The minimum atomic E-state index is 0.254. The van der Waals surface area contributed by atoms with Gasteiger partial charge in [0.15, 0.2) is 5.78 Å². The molecule has 1 heterocycles. The van der Waals surface area contributed by atoms with Gasteiger partial charge in [-0.1, -0.05) is 17.7 Å². The van der Waals surface area contributed by atoms with Crippen LogP contribution in [0.3, 0.4) is 0 Å². The monoisotopic (exact) mass is 274 g/mol. The van der Waals surface area contributed by atoms with Crippen LogP contribution in [0.4, 0.5) is 0 Å². The van der Waals surface area contributed by atoms with Gasteiger partial charge in [0.25, 0.3) is 0 Å². The summed E-state index contributed by atoms with van der Waals surface area (Å²) < 4.78 is 0. The van der Waals surface area contributed by atoms with E-state index in [0.717, 1.165) is 42.9 Å². The van der Waals surface area contributed by atoms with Crippen molar-refractivity contribution in [2.24, 2.45) is 0 Å². The van der Waals surface area contributed by atoms with Crippen LogP contribution in [0.2, 0.25) is 0 Å². The lowest BCUT2D eigenvalue weighted by Gasteiger charge is -2.36. The van der Waals surface area contributed by atoms with Gasteiger partial charge in [-0.05, 0) is 39.3 Å². The van der Waals surface area contributed by atoms with Gasteiger partial charge in [0.1, 0.15) is 0 Å². The van der Waals surface area contributed by atoms with Crippen molar-refractivity contribution in [3.8, 4) is 0 Å². The Kier molecular flexibility index (Phi) is 4.95. The maximum atomic E-state index is 12.4. The number of Topliss-reactive ketones (excluding diaryl/α,β-unsaturated/α-hetero) is 1. The number of benzene rings is 1. The first-order valence-corrected chi connectivity index (χ1v) is 7.54. The van der Waals surface area contributed by atoms with Crippen molar-refractivity contribution in [1.82, 2.24) is 9.80 Å². The summed E-state index contributed by atoms with van der Waals surface area (Å²) in [7, 11) is 0. The molecule has 0 radical (unpaired) electrons. The molecule has 1 aromatic rings. The van der Waals surface area contributed by atoms with E-state index in [0.29, 0.717) is 12.6 Å². The summed E-state index contributed by atoms with van der Waals surface area (Å²) in [6, 6.07) is 6.72. The Labute approximate surface area is 122 Å². The van der Waals surface area contributed by atoms with E-state index in [4.69, 9.17) is 0 Å². The molecule has 0 aliphatic carbocycles. The Bertz CT molecular complexity index is 474. The van der Waals surface area contributed by atoms with E-state index >= 15 is 0 Å². The maximum absolute atomic E-state index is 12.4. The normalized spacial score (nSPS) is 17.6. The predicted octanol–water partition coefficient (Wildman–Crippen LogP) is 2.51. The summed E-state index contributed by atoms with van der Waals surface area (Å²) in [6.45, 7) is 13.2. The Morgan fingerprint density at radius 2 is 1.80 bits per heavy atom. The Hall–Kier alpha value is -1.19. The molecule has 1 saturated heterocycles. The van der Waals surface area contributed by atoms with E-state index in [1.807, 2.05) is 26.0 Å². The van der Waals surface area contributed by atoms with Crippen molar-refractivity contribution in [2.75, 3.05) is 32.7 Å². The number of hydrogen-bond acceptors (Lipinski definition) is 3. The Balaban J connectivity index is 1.94. The number of hydrogen-bond donors (Lipinski definition) is 0. The van der Waals surface area contributed by atoms with Crippen LogP contribution in [-0.2, 0) is 0 Å². The molecular formula is C17H26N2O. The fourth-order valence-electron chi connectivity index (χ4n) is 2.76. The minimum absolute atomic E-state index is 0.254. The van der Waals surface area contributed by atoms with Crippen LogP contribution < -0.4 is 0 Å². The molecule has 1 aromatic carbocycles. The Morgan fingerprint density at radius 3 is 2.40 bits per heavy atom. The molecule has 0 atom stereocenters. The van der Waals surface area contributed by atoms with Gasteiger partial charge in [-0.25, -0.2) is 0 Å². The predicted molar refractivity (Wildman–Crippen MR) is 83.4 cm³/mol. The van der Waals surface area contributed by atoms with E-state index in [1.165, 1.54) is 0 Å². The first kappa shape index (κ1) is 15.2. The molecule has 0 spiro atoms. The van der Waals surface area contributed by atoms with Crippen LogP contribution in [0.25, 0.3) is 0 Å². The summed E-state index contributed by atoms with van der Waals surface area (Å²) in [4.78, 5) is 17.2. The third-order valence-corrected chi connectivity index (χ3v) is 4.20. The van der Waals surface area contributed by atoms with Crippen LogP contribution >= 0.6 is 0 Å². The van der Waals surface area contributed by atoms with Crippen LogP contribution in [0.15, 0.2) is 18.2 Å². The molecule has 110 valence electrons. The Morgan fingerprint density at radius 1 is 1.15 bits per heavy atom. The van der Waals surface area contributed by atoms with Crippen molar-refractivity contribution >= 4 is 5.78 Å². The molecule has 1 fully saturated rings. The molecule has 3 nitrogen and oxygen atoms in total. The molecule has 2 rings (SSSR count). The van der Waals surface area contributed by atoms with Gasteiger partial charge in [-0.3, -0.25) is 14.6 Å². The highest BCUT2D eigenvalue weighted by atomic mass is 16.1. The van der Waals surface area contributed by atoms with Crippen LogP contribution in [0.1, 0.15) is 35.3 Å². The van der Waals surface area contributed by atoms with Gasteiger partial charge in [-0.2, -0.15) is 0 Å². The zero-order valence-corrected chi connectivity index (χ0v) is 13.1. The van der Waals surface area contributed by atoms with Crippen LogP contribution in [-0.4, -0.2) is 54.3 Å². The number of ketones is 1. The summed E-state index contributed by atoms with van der Waals surface area (Å²) in [5.74, 6) is 0.254.